The fourth-order valence-electron chi connectivity index (χ4n) is 2.27. The monoisotopic (exact) mass is 374 g/mol. The zero-order valence-electron chi connectivity index (χ0n) is 11.9. The molecular weight excluding hydrogens is 365 g/mol. The Morgan fingerprint density at radius 3 is 2.54 bits per heavy atom. The van der Waals surface area contributed by atoms with Gasteiger partial charge >= 0.3 is 6.18 Å². The molecule has 0 amide bonds. The van der Waals surface area contributed by atoms with Crippen molar-refractivity contribution in [1.82, 2.24) is 4.98 Å². The van der Waals surface area contributed by atoms with E-state index >= 15 is 0 Å². The number of nitrogens with one attached hydrogen (secondary N) is 2. The highest BCUT2D eigenvalue weighted by Gasteiger charge is 2.34. The van der Waals surface area contributed by atoms with E-state index in [0.717, 1.165) is 12.1 Å². The molecule has 9 heteroatoms. The summed E-state index contributed by atoms with van der Waals surface area (Å²) in [6.07, 6.45) is -3.12. The van der Waals surface area contributed by atoms with Crippen molar-refractivity contribution in [3.8, 4) is 0 Å². The molecule has 3 aromatic rings. The van der Waals surface area contributed by atoms with Crippen molar-refractivity contribution in [2.45, 2.75) is 11.1 Å². The Balaban J connectivity index is 2.04. The van der Waals surface area contributed by atoms with Gasteiger partial charge in [0.2, 0.25) is 0 Å². The second-order valence-corrected chi connectivity index (χ2v) is 7.08. The summed E-state index contributed by atoms with van der Waals surface area (Å²) >= 11 is 5.52. The van der Waals surface area contributed by atoms with Crippen molar-refractivity contribution in [3.05, 3.63) is 59.2 Å². The molecule has 0 fully saturated rings. The lowest BCUT2D eigenvalue weighted by Crippen LogP contribution is -2.15. The Bertz CT molecular complexity index is 1010. The second-order valence-electron chi connectivity index (χ2n) is 4.99. The number of hydrogen-bond acceptors (Lipinski definition) is 2. The average Bonchev–Trinajstić information content (AvgIpc) is 2.95. The number of hydrogen-bond donors (Lipinski definition) is 2. The Labute approximate surface area is 140 Å². The van der Waals surface area contributed by atoms with Crippen LogP contribution < -0.4 is 4.72 Å². The highest BCUT2D eigenvalue weighted by molar-refractivity contribution is 7.92. The van der Waals surface area contributed by atoms with Gasteiger partial charge in [-0.15, -0.1) is 0 Å². The molecule has 0 atom stereocenters. The number of anilines is 1. The van der Waals surface area contributed by atoms with Gasteiger partial charge in [0, 0.05) is 17.1 Å². The van der Waals surface area contributed by atoms with E-state index in [1.807, 2.05) is 0 Å². The van der Waals surface area contributed by atoms with Crippen molar-refractivity contribution in [2.75, 3.05) is 4.72 Å². The molecule has 1 heterocycles. The highest BCUT2D eigenvalue weighted by Crippen LogP contribution is 2.36. The van der Waals surface area contributed by atoms with E-state index in [9.17, 15) is 21.6 Å². The summed E-state index contributed by atoms with van der Waals surface area (Å²) in [5.74, 6) is 0. The van der Waals surface area contributed by atoms with E-state index in [2.05, 4.69) is 9.71 Å². The summed E-state index contributed by atoms with van der Waals surface area (Å²) in [7, 11) is -4.20. The van der Waals surface area contributed by atoms with Crippen LogP contribution in [-0.2, 0) is 16.2 Å². The van der Waals surface area contributed by atoms with Gasteiger partial charge in [-0.3, -0.25) is 4.72 Å². The molecule has 0 unspecified atom stereocenters. The standard InChI is InChI=1S/C15H10ClF3N2O2S/c16-12-5-4-9(8-11(12)15(17,18)19)24(22,23)21-14-3-1-2-13-10(14)6-7-20-13/h1-8,20-21H. The van der Waals surface area contributed by atoms with E-state index in [1.54, 1.807) is 24.4 Å². The average molecular weight is 375 g/mol. The maximum Gasteiger partial charge on any atom is 0.417 e. The third kappa shape index (κ3) is 3.07. The van der Waals surface area contributed by atoms with Crippen LogP contribution in [0, 0.1) is 0 Å². The third-order valence-electron chi connectivity index (χ3n) is 3.39. The zero-order chi connectivity index (χ0) is 17.5. The number of aromatic nitrogens is 1. The van der Waals surface area contributed by atoms with E-state index in [0.29, 0.717) is 17.0 Å². The molecule has 3 rings (SSSR count). The summed E-state index contributed by atoms with van der Waals surface area (Å²) in [6.45, 7) is 0. The number of halogens is 4. The molecule has 4 nitrogen and oxygen atoms in total. The van der Waals surface area contributed by atoms with Crippen LogP contribution in [0.2, 0.25) is 5.02 Å². The summed E-state index contributed by atoms with van der Waals surface area (Å²) in [4.78, 5) is 2.40. The maximum absolute atomic E-state index is 12.9. The molecule has 0 radical (unpaired) electrons. The molecule has 0 aliphatic heterocycles. The van der Waals surface area contributed by atoms with Crippen LogP contribution >= 0.6 is 11.6 Å². The zero-order valence-corrected chi connectivity index (χ0v) is 13.4. The lowest BCUT2D eigenvalue weighted by molar-refractivity contribution is -0.137. The van der Waals surface area contributed by atoms with Gasteiger partial charge in [-0.25, -0.2) is 8.42 Å². The highest BCUT2D eigenvalue weighted by atomic mass is 35.5. The Morgan fingerprint density at radius 1 is 1.08 bits per heavy atom. The molecule has 0 bridgehead atoms. The first-order chi connectivity index (χ1) is 11.2. The number of alkyl halides is 3. The number of fused-ring (bicyclic) bond motifs is 1. The van der Waals surface area contributed by atoms with Gasteiger partial charge < -0.3 is 4.98 Å². The number of rotatable bonds is 3. The normalized spacial score (nSPS) is 12.5. The smallest absolute Gasteiger partial charge is 0.361 e. The van der Waals surface area contributed by atoms with E-state index in [1.165, 1.54) is 6.07 Å². The first-order valence-corrected chi connectivity index (χ1v) is 8.50. The molecule has 0 saturated heterocycles. The van der Waals surface area contributed by atoms with Gasteiger partial charge in [-0.2, -0.15) is 13.2 Å². The first-order valence-electron chi connectivity index (χ1n) is 6.64. The fraction of sp³-hybridized carbons (Fsp3) is 0.0667. The molecule has 0 aliphatic carbocycles. The number of benzene rings is 2. The van der Waals surface area contributed by atoms with Gasteiger partial charge in [0.1, 0.15) is 0 Å². The lowest BCUT2D eigenvalue weighted by Gasteiger charge is -2.13. The minimum Gasteiger partial charge on any atom is -0.361 e. The van der Waals surface area contributed by atoms with Crippen LogP contribution in [0.4, 0.5) is 18.9 Å². The van der Waals surface area contributed by atoms with Crippen molar-refractivity contribution in [2.24, 2.45) is 0 Å². The van der Waals surface area contributed by atoms with E-state index in [4.69, 9.17) is 11.6 Å². The van der Waals surface area contributed by atoms with Gasteiger partial charge in [-0.05, 0) is 36.4 Å². The van der Waals surface area contributed by atoms with Gasteiger partial charge in [-0.1, -0.05) is 17.7 Å². The summed E-state index contributed by atoms with van der Waals surface area (Å²) < 4.78 is 65.9. The Morgan fingerprint density at radius 2 is 1.83 bits per heavy atom. The predicted octanol–water partition coefficient (Wildman–Crippen LogP) is 4.64. The fourth-order valence-corrected chi connectivity index (χ4v) is 3.60. The van der Waals surface area contributed by atoms with Crippen LogP contribution in [0.3, 0.4) is 0 Å². The first kappa shape index (κ1) is 16.7. The Hall–Kier alpha value is -2.19. The summed E-state index contributed by atoms with van der Waals surface area (Å²) in [5, 5.41) is 0.0419. The van der Waals surface area contributed by atoms with Crippen LogP contribution in [0.5, 0.6) is 0 Å². The van der Waals surface area contributed by atoms with E-state index in [-0.39, 0.29) is 5.69 Å². The molecular formula is C15H10ClF3N2O2S. The molecule has 0 aliphatic rings. The number of H-pyrrole nitrogens is 1. The molecule has 0 spiro atoms. The van der Waals surface area contributed by atoms with Gasteiger partial charge in [0.15, 0.2) is 0 Å². The van der Waals surface area contributed by atoms with Crippen molar-refractivity contribution in [1.29, 1.82) is 0 Å². The molecule has 2 aromatic carbocycles. The van der Waals surface area contributed by atoms with Crippen molar-refractivity contribution < 1.29 is 21.6 Å². The molecule has 126 valence electrons. The molecule has 1 aromatic heterocycles. The summed E-state index contributed by atoms with van der Waals surface area (Å²) in [5.41, 5.74) is -0.244. The minimum atomic E-state index is -4.75. The predicted molar refractivity (Wildman–Crippen MR) is 85.6 cm³/mol. The maximum atomic E-state index is 12.9. The van der Waals surface area contributed by atoms with Crippen LogP contribution in [0.15, 0.2) is 53.6 Å². The molecule has 2 N–H and O–H groups in total. The van der Waals surface area contributed by atoms with Crippen molar-refractivity contribution >= 4 is 38.2 Å². The summed E-state index contributed by atoms with van der Waals surface area (Å²) in [6, 6.07) is 9.01. The molecule has 24 heavy (non-hydrogen) atoms. The SMILES string of the molecule is O=S(=O)(Nc1cccc2[nH]ccc12)c1ccc(Cl)c(C(F)(F)F)c1. The Kier molecular flexibility index (Phi) is 3.97. The van der Waals surface area contributed by atoms with Crippen LogP contribution in [0.1, 0.15) is 5.56 Å². The minimum absolute atomic E-state index is 0.261. The number of sulfonamides is 1. The van der Waals surface area contributed by atoms with Crippen LogP contribution in [0.25, 0.3) is 10.9 Å². The lowest BCUT2D eigenvalue weighted by atomic mass is 10.2. The van der Waals surface area contributed by atoms with Crippen molar-refractivity contribution in [3.63, 3.8) is 0 Å². The molecule has 0 saturated carbocycles. The topological polar surface area (TPSA) is 62.0 Å². The van der Waals surface area contributed by atoms with Gasteiger partial charge in [0.25, 0.3) is 10.0 Å². The third-order valence-corrected chi connectivity index (χ3v) is 5.09. The second kappa shape index (κ2) is 5.71. The number of aromatic amines is 1. The van der Waals surface area contributed by atoms with Crippen LogP contribution in [-0.4, -0.2) is 13.4 Å². The largest absolute Gasteiger partial charge is 0.417 e. The van der Waals surface area contributed by atoms with Gasteiger partial charge in [0.05, 0.1) is 21.2 Å². The quantitative estimate of drug-likeness (QED) is 0.701. The van der Waals surface area contributed by atoms with E-state index < -0.39 is 31.7 Å².